The molecule has 0 atom stereocenters. The molecule has 0 spiro atoms. The molecule has 1 heteroatoms. The fourth-order valence-corrected chi connectivity index (χ4v) is 2.02. The summed E-state index contributed by atoms with van der Waals surface area (Å²) in [4.78, 5) is 0. The van der Waals surface area contributed by atoms with Crippen LogP contribution in [0.25, 0.3) is 11.0 Å². The van der Waals surface area contributed by atoms with Crippen LogP contribution in [0.1, 0.15) is 20.8 Å². The zero-order chi connectivity index (χ0) is 10.4. The van der Waals surface area contributed by atoms with Gasteiger partial charge < -0.3 is 0 Å². The number of allylic oxidation sites excluding steroid dienone is 1. The van der Waals surface area contributed by atoms with Gasteiger partial charge >= 0.3 is 0 Å². The number of fused-ring (bicyclic) bond motifs is 1. The van der Waals surface area contributed by atoms with Crippen molar-refractivity contribution in [1.82, 2.24) is 0 Å². The average molecular weight is 204 g/mol. The predicted octanol–water partition coefficient (Wildman–Crippen LogP) is 2.88. The van der Waals surface area contributed by atoms with Crippen LogP contribution in [0.3, 0.4) is 0 Å². The van der Waals surface area contributed by atoms with Gasteiger partial charge in [0.05, 0.1) is 0 Å². The average Bonchev–Trinajstić information content (AvgIpc) is 2.45. The Labute approximate surface area is 90.0 Å². The molecule has 1 aliphatic rings. The Morgan fingerprint density at radius 1 is 1.07 bits per heavy atom. The third-order valence-electron chi connectivity index (χ3n) is 1.98. The number of hydrogen-bond acceptors (Lipinski definition) is 1. The first-order chi connectivity index (χ1) is 6.88. The van der Waals surface area contributed by atoms with Crippen molar-refractivity contribution in [2.45, 2.75) is 20.8 Å². The molecule has 0 aliphatic carbocycles. The third kappa shape index (κ3) is 2.52. The summed E-state index contributed by atoms with van der Waals surface area (Å²) in [5.74, 6) is 0. The lowest BCUT2D eigenvalue weighted by Crippen LogP contribution is -2.24. The van der Waals surface area contributed by atoms with Crippen LogP contribution >= 0.6 is 11.8 Å². The quantitative estimate of drug-likeness (QED) is 0.626. The Morgan fingerprint density at radius 2 is 1.79 bits per heavy atom. The van der Waals surface area contributed by atoms with Gasteiger partial charge in [0.2, 0.25) is 0 Å². The number of hydrogen-bond donors (Lipinski definition) is 0. The number of benzene rings is 1. The van der Waals surface area contributed by atoms with Crippen LogP contribution in [0, 0.1) is 0 Å². The lowest BCUT2D eigenvalue weighted by molar-refractivity contribution is 1.49. The second-order valence-electron chi connectivity index (χ2n) is 2.83. The first kappa shape index (κ1) is 11.1. The molecule has 0 bridgehead atoms. The van der Waals surface area contributed by atoms with Crippen LogP contribution in [0.2, 0.25) is 0 Å². The van der Waals surface area contributed by atoms with E-state index < -0.39 is 0 Å². The summed E-state index contributed by atoms with van der Waals surface area (Å²) in [7, 11) is 0. The van der Waals surface area contributed by atoms with E-state index in [-0.39, 0.29) is 0 Å². The van der Waals surface area contributed by atoms with Crippen LogP contribution in [0.15, 0.2) is 35.7 Å². The molecule has 1 heterocycles. The monoisotopic (exact) mass is 204 g/mol. The van der Waals surface area contributed by atoms with Gasteiger partial charge in [-0.1, -0.05) is 44.2 Å². The van der Waals surface area contributed by atoms with Crippen LogP contribution < -0.4 is 10.4 Å². The second kappa shape index (κ2) is 5.71. The minimum absolute atomic E-state index is 1.32. The number of rotatable bonds is 0. The molecule has 0 nitrogen and oxygen atoms in total. The highest BCUT2D eigenvalue weighted by Crippen LogP contribution is 2.07. The molecule has 0 saturated carbocycles. The van der Waals surface area contributed by atoms with E-state index in [4.69, 9.17) is 0 Å². The van der Waals surface area contributed by atoms with Crippen LogP contribution in [-0.2, 0) is 0 Å². The van der Waals surface area contributed by atoms with Crippen molar-refractivity contribution in [3.63, 3.8) is 0 Å². The summed E-state index contributed by atoms with van der Waals surface area (Å²) >= 11 is 1.74. The normalized spacial score (nSPS) is 13.2. The van der Waals surface area contributed by atoms with E-state index in [1.807, 2.05) is 13.8 Å². The van der Waals surface area contributed by atoms with E-state index in [1.165, 1.54) is 16.0 Å². The van der Waals surface area contributed by atoms with E-state index in [0.717, 1.165) is 0 Å². The molecule has 1 aliphatic heterocycles. The maximum atomic E-state index is 2.18. The zero-order valence-corrected chi connectivity index (χ0v) is 9.77. The van der Waals surface area contributed by atoms with Crippen LogP contribution in [0.4, 0.5) is 0 Å². The lowest BCUT2D eigenvalue weighted by atomic mass is 10.1. The zero-order valence-electron chi connectivity index (χ0n) is 8.95. The molecule has 14 heavy (non-hydrogen) atoms. The minimum Gasteiger partial charge on any atom is -0.105 e. The highest BCUT2D eigenvalue weighted by Gasteiger charge is 1.91. The minimum atomic E-state index is 1.32. The molecule has 0 radical (unpaired) electrons. The van der Waals surface area contributed by atoms with E-state index in [2.05, 4.69) is 48.1 Å². The van der Waals surface area contributed by atoms with Gasteiger partial charge in [-0.15, -0.1) is 11.8 Å². The Hall–Kier alpha value is -0.950. The Morgan fingerprint density at radius 3 is 2.57 bits per heavy atom. The van der Waals surface area contributed by atoms with Gasteiger partial charge in [-0.05, 0) is 33.8 Å². The van der Waals surface area contributed by atoms with Crippen molar-refractivity contribution in [2.24, 2.45) is 0 Å². The highest BCUT2D eigenvalue weighted by molar-refractivity contribution is 8.09. The fourth-order valence-electron chi connectivity index (χ4n) is 1.30. The summed E-state index contributed by atoms with van der Waals surface area (Å²) < 4.78 is 0. The maximum Gasteiger partial charge on any atom is -0.0115 e. The first-order valence-electron chi connectivity index (χ1n) is 4.96. The molecule has 0 unspecified atom stereocenters. The van der Waals surface area contributed by atoms with Gasteiger partial charge in [-0.2, -0.15) is 0 Å². The molecule has 0 saturated heterocycles. The van der Waals surface area contributed by atoms with Crippen LogP contribution in [0.5, 0.6) is 0 Å². The summed E-state index contributed by atoms with van der Waals surface area (Å²) in [5, 5.41) is 6.97. The van der Waals surface area contributed by atoms with E-state index in [9.17, 15) is 0 Å². The van der Waals surface area contributed by atoms with E-state index in [0.29, 0.717) is 0 Å². The Balaban J connectivity index is 0.000000461. The summed E-state index contributed by atoms with van der Waals surface area (Å²) in [6, 6.07) is 8.48. The Kier molecular flexibility index (Phi) is 4.54. The van der Waals surface area contributed by atoms with E-state index >= 15 is 0 Å². The Bertz CT molecular complexity index is 427. The number of thioether (sulfide) groups is 1. The molecule has 0 N–H and O–H groups in total. The SMILES string of the molecule is CC.CC1=c2ccccc2=CSC=C1. The van der Waals surface area contributed by atoms with Gasteiger partial charge in [0.1, 0.15) is 0 Å². The second-order valence-corrected chi connectivity index (χ2v) is 3.61. The van der Waals surface area contributed by atoms with Crippen molar-refractivity contribution >= 4 is 22.7 Å². The molecule has 0 amide bonds. The van der Waals surface area contributed by atoms with Gasteiger partial charge in [0.15, 0.2) is 0 Å². The van der Waals surface area contributed by atoms with Crippen molar-refractivity contribution in [3.8, 4) is 0 Å². The highest BCUT2D eigenvalue weighted by atomic mass is 32.2. The maximum absolute atomic E-state index is 2.18. The largest absolute Gasteiger partial charge is 0.105 e. The van der Waals surface area contributed by atoms with Gasteiger partial charge in [0, 0.05) is 0 Å². The molecular weight excluding hydrogens is 188 g/mol. The lowest BCUT2D eigenvalue weighted by Gasteiger charge is -1.90. The smallest absolute Gasteiger partial charge is 0.0115 e. The summed E-state index contributed by atoms with van der Waals surface area (Å²) in [6.07, 6.45) is 2.16. The van der Waals surface area contributed by atoms with Crippen molar-refractivity contribution in [3.05, 3.63) is 46.2 Å². The third-order valence-corrected chi connectivity index (χ3v) is 2.66. The molecule has 1 aromatic rings. The van der Waals surface area contributed by atoms with Gasteiger partial charge in [-0.25, -0.2) is 0 Å². The molecule has 0 fully saturated rings. The molecule has 74 valence electrons. The predicted molar refractivity (Wildman–Crippen MR) is 67.3 cm³/mol. The molecule has 0 aromatic heterocycles. The molecular formula is C13H16S. The van der Waals surface area contributed by atoms with Crippen LogP contribution in [-0.4, -0.2) is 0 Å². The molecule has 2 rings (SSSR count). The standard InChI is InChI=1S/C11H10S.C2H6/c1-9-6-7-12-8-10-4-2-3-5-11(9)10;1-2/h2-8H,1H3;1-2H3. The van der Waals surface area contributed by atoms with Gasteiger partial charge in [0.25, 0.3) is 0 Å². The summed E-state index contributed by atoms with van der Waals surface area (Å²) in [5.41, 5.74) is 1.34. The summed E-state index contributed by atoms with van der Waals surface area (Å²) in [6.45, 7) is 6.15. The molecule has 1 aromatic carbocycles. The van der Waals surface area contributed by atoms with Crippen molar-refractivity contribution in [1.29, 1.82) is 0 Å². The van der Waals surface area contributed by atoms with E-state index in [1.54, 1.807) is 11.8 Å². The first-order valence-corrected chi connectivity index (χ1v) is 5.90. The topological polar surface area (TPSA) is 0 Å². The fraction of sp³-hybridized carbons (Fsp3) is 0.231. The van der Waals surface area contributed by atoms with Crippen molar-refractivity contribution in [2.75, 3.05) is 0 Å². The van der Waals surface area contributed by atoms with Crippen molar-refractivity contribution < 1.29 is 0 Å². The van der Waals surface area contributed by atoms with Gasteiger partial charge in [-0.3, -0.25) is 0 Å².